The van der Waals surface area contributed by atoms with Crippen LogP contribution in [0.25, 0.3) is 0 Å². The van der Waals surface area contributed by atoms with Crippen LogP contribution in [-0.4, -0.2) is 83.2 Å². The van der Waals surface area contributed by atoms with Crippen molar-refractivity contribution in [3.8, 4) is 0 Å². The highest BCUT2D eigenvalue weighted by Crippen LogP contribution is 1.57. The van der Waals surface area contributed by atoms with E-state index in [9.17, 15) is 0 Å². The fourth-order valence-electron chi connectivity index (χ4n) is 0. The Morgan fingerprint density at radius 3 is 0.421 bits per heavy atom. The van der Waals surface area contributed by atoms with Gasteiger partial charge in [0.15, 0.2) is 0 Å². The van der Waals surface area contributed by atoms with Gasteiger partial charge in [-0.1, -0.05) is 0 Å². The van der Waals surface area contributed by atoms with Crippen LogP contribution < -0.4 is 12.3 Å². The van der Waals surface area contributed by atoms with Gasteiger partial charge in [-0.05, 0) is 0 Å². The highest BCUT2D eigenvalue weighted by atomic mass is 32.3. The van der Waals surface area contributed by atoms with Gasteiger partial charge in [-0.3, -0.25) is 8.42 Å². The van der Waals surface area contributed by atoms with Crippen molar-refractivity contribution >= 4 is 10.4 Å². The van der Waals surface area contributed by atoms with Crippen molar-refractivity contribution in [2.24, 2.45) is 0 Å². The van der Waals surface area contributed by atoms with Crippen LogP contribution in [0, 0.1) is 0 Å². The third kappa shape index (κ3) is 8520. The third-order valence-electron chi connectivity index (χ3n) is 0. The van der Waals surface area contributed by atoms with Crippen LogP contribution in [-0.2, 0) is 10.4 Å². The SMILES string of the molecule is O.O.O.O.O.O.O.O.O.O.O.O.O=S(=O)([O-])[O-].[NH4+].[NH4+]. The summed E-state index contributed by atoms with van der Waals surface area (Å²) in [5.41, 5.74) is 0. The molecule has 19 heteroatoms. The Hall–Kier alpha value is -0.690. The summed E-state index contributed by atoms with van der Waals surface area (Å²) in [5.74, 6) is 0. The van der Waals surface area contributed by atoms with Crippen molar-refractivity contribution in [2.45, 2.75) is 0 Å². The third-order valence-corrected chi connectivity index (χ3v) is 0. The molecule has 0 aromatic heterocycles. The van der Waals surface area contributed by atoms with Gasteiger partial charge in [0.05, 0.1) is 0 Å². The van der Waals surface area contributed by atoms with E-state index in [0.29, 0.717) is 0 Å². The van der Waals surface area contributed by atoms with E-state index in [1.807, 2.05) is 0 Å². The van der Waals surface area contributed by atoms with Crippen LogP contribution in [0.2, 0.25) is 0 Å². The Morgan fingerprint density at radius 2 is 0.421 bits per heavy atom. The highest BCUT2D eigenvalue weighted by molar-refractivity contribution is 7.79. The van der Waals surface area contributed by atoms with Crippen molar-refractivity contribution in [3.05, 3.63) is 0 Å². The Balaban J connectivity index is -0.000000000879. The Morgan fingerprint density at radius 1 is 0.421 bits per heavy atom. The zero-order valence-electron chi connectivity index (χ0n) is 10.0. The van der Waals surface area contributed by atoms with Gasteiger partial charge >= 0.3 is 0 Å². The molecule has 0 aliphatic heterocycles. The largest absolute Gasteiger partial charge is 0.759 e. The van der Waals surface area contributed by atoms with Gasteiger partial charge in [0.2, 0.25) is 0 Å². The average Bonchev–Trinajstić information content (AvgIpc) is 0.722. The van der Waals surface area contributed by atoms with Crippen molar-refractivity contribution in [3.63, 3.8) is 0 Å². The molecule has 0 aromatic rings. The van der Waals surface area contributed by atoms with Gasteiger partial charge in [0.25, 0.3) is 0 Å². The lowest BCUT2D eigenvalue weighted by Crippen LogP contribution is -1.91. The fourth-order valence-corrected chi connectivity index (χ4v) is 0. The first-order valence-corrected chi connectivity index (χ1v) is 2.00. The van der Waals surface area contributed by atoms with E-state index < -0.39 is 10.4 Å². The second kappa shape index (κ2) is 163. The van der Waals surface area contributed by atoms with Gasteiger partial charge in [0, 0.05) is 10.4 Å². The van der Waals surface area contributed by atoms with Gasteiger partial charge in [-0.2, -0.15) is 0 Å². The lowest BCUT2D eigenvalue weighted by molar-refractivity contribution is 0.352. The first-order valence-electron chi connectivity index (χ1n) is 0.667. The molecule has 0 bridgehead atoms. The van der Waals surface area contributed by atoms with Crippen molar-refractivity contribution in [1.82, 2.24) is 12.3 Å². The monoisotopic (exact) mass is 348 g/mol. The molecule has 0 radical (unpaired) electrons. The first-order chi connectivity index (χ1) is 2.00. The minimum absolute atomic E-state index is 0. The number of hydrogen-bond donors (Lipinski definition) is 2. The molecule has 0 heterocycles. The summed E-state index contributed by atoms with van der Waals surface area (Å²) < 4.78 is 34.1. The molecule has 0 rings (SSSR count). The van der Waals surface area contributed by atoms with Crippen molar-refractivity contribution in [1.29, 1.82) is 0 Å². The maximum Gasteiger partial charge on any atom is 0.0311 e. The van der Waals surface area contributed by atoms with Crippen LogP contribution in [0.3, 0.4) is 0 Å². The molecule has 0 unspecified atom stereocenters. The maximum atomic E-state index is 8.52. The van der Waals surface area contributed by atoms with Gasteiger partial charge in [0.1, 0.15) is 0 Å². The maximum absolute atomic E-state index is 8.52. The van der Waals surface area contributed by atoms with E-state index in [4.69, 9.17) is 17.5 Å². The summed E-state index contributed by atoms with van der Waals surface area (Å²) in [5, 5.41) is 0. The molecule has 0 spiro atoms. The molecular weight excluding hydrogens is 316 g/mol. The smallest absolute Gasteiger partial charge is 0.0311 e. The van der Waals surface area contributed by atoms with Crippen LogP contribution in [0.4, 0.5) is 0 Å². The van der Waals surface area contributed by atoms with Crippen LogP contribution in [0.15, 0.2) is 0 Å². The van der Waals surface area contributed by atoms with E-state index in [2.05, 4.69) is 0 Å². The zero-order valence-corrected chi connectivity index (χ0v) is 10.9. The highest BCUT2D eigenvalue weighted by Gasteiger charge is 1.49. The molecule has 0 saturated heterocycles. The van der Waals surface area contributed by atoms with Crippen LogP contribution in [0.5, 0.6) is 0 Å². The summed E-state index contributed by atoms with van der Waals surface area (Å²) in [6, 6.07) is 0. The average molecular weight is 348 g/mol. The molecule has 0 saturated carbocycles. The van der Waals surface area contributed by atoms with Crippen molar-refractivity contribution < 1.29 is 83.2 Å². The Labute approximate surface area is 107 Å². The van der Waals surface area contributed by atoms with Crippen molar-refractivity contribution in [2.75, 3.05) is 0 Å². The topological polar surface area (TPSA) is 531 Å². The molecule has 0 aromatic carbocycles. The van der Waals surface area contributed by atoms with E-state index in [-0.39, 0.29) is 78.0 Å². The molecule has 0 amide bonds. The van der Waals surface area contributed by atoms with E-state index in [0.717, 1.165) is 0 Å². The lowest BCUT2D eigenvalue weighted by atomic mass is 14.0. The minimum Gasteiger partial charge on any atom is -0.759 e. The number of rotatable bonds is 0. The summed E-state index contributed by atoms with van der Waals surface area (Å²) in [7, 11) is -5.17. The molecule has 144 valence electrons. The summed E-state index contributed by atoms with van der Waals surface area (Å²) in [6.07, 6.45) is 0. The quantitative estimate of drug-likeness (QED) is 0.317. The van der Waals surface area contributed by atoms with E-state index >= 15 is 0 Å². The zero-order chi connectivity index (χ0) is 4.50. The molecule has 0 aliphatic carbocycles. The number of hydrogen-bond acceptors (Lipinski definition) is 4. The Kier molecular flexibility index (Phi) is 4300. The molecular formula is H32N2O16S. The second-order valence-corrected chi connectivity index (χ2v) is 1.22. The van der Waals surface area contributed by atoms with Gasteiger partial charge in [-0.25, -0.2) is 0 Å². The summed E-state index contributed by atoms with van der Waals surface area (Å²) in [6.45, 7) is 0. The predicted molar refractivity (Wildman–Crippen MR) is 65.8 cm³/mol. The first kappa shape index (κ1) is 501. The van der Waals surface area contributed by atoms with Gasteiger partial charge < -0.3 is 87.1 Å². The molecule has 18 nitrogen and oxygen atoms in total. The van der Waals surface area contributed by atoms with E-state index in [1.54, 1.807) is 0 Å². The minimum atomic E-state index is -5.17. The fraction of sp³-hybridized carbons (Fsp3) is 0. The van der Waals surface area contributed by atoms with Crippen LogP contribution >= 0.6 is 0 Å². The van der Waals surface area contributed by atoms with Crippen LogP contribution in [0.1, 0.15) is 0 Å². The Bertz CT molecular complexity index is 97.9. The second-order valence-electron chi connectivity index (χ2n) is 0.408. The van der Waals surface area contributed by atoms with E-state index in [1.165, 1.54) is 0 Å². The van der Waals surface area contributed by atoms with Gasteiger partial charge in [-0.15, -0.1) is 0 Å². The number of quaternary nitrogens is 2. The molecule has 19 heavy (non-hydrogen) atoms. The molecule has 0 atom stereocenters. The molecule has 0 aliphatic rings. The molecule has 0 fully saturated rings. The lowest BCUT2D eigenvalue weighted by Gasteiger charge is -2.06. The molecule has 32 N–H and O–H groups in total. The normalized spacial score (nSPS) is 3.05. The summed E-state index contributed by atoms with van der Waals surface area (Å²) in [4.78, 5) is 0. The predicted octanol–water partition coefficient (Wildman–Crippen LogP) is -10.5. The standard InChI is InChI=1S/2H3N.H2O4S.12H2O/c;;1-5(2,3)4;;;;;;;;;;;;/h2*1H3;(H2,1,2,3,4);12*1H2. The summed E-state index contributed by atoms with van der Waals surface area (Å²) >= 11 is 0.